The predicted octanol–water partition coefficient (Wildman–Crippen LogP) is 1.73. The van der Waals surface area contributed by atoms with E-state index in [9.17, 15) is 4.79 Å². The minimum absolute atomic E-state index is 0.169. The first-order valence-corrected chi connectivity index (χ1v) is 6.28. The molecule has 0 saturated carbocycles. The van der Waals surface area contributed by atoms with Gasteiger partial charge in [0.05, 0.1) is 11.6 Å². The molecule has 0 spiro atoms. The first kappa shape index (κ1) is 14.4. The molecule has 0 unspecified atom stereocenters. The second kappa shape index (κ2) is 6.95. The fourth-order valence-electron chi connectivity index (χ4n) is 1.22. The van der Waals surface area contributed by atoms with Crippen molar-refractivity contribution in [3.05, 3.63) is 26.6 Å². The zero-order valence-corrected chi connectivity index (χ0v) is 12.3. The van der Waals surface area contributed by atoms with Crippen molar-refractivity contribution < 1.29 is 14.4 Å². The van der Waals surface area contributed by atoms with Gasteiger partial charge in [-0.1, -0.05) is 15.9 Å². The SMILES string of the molecule is COc1c(Br)cc(Br)cc1CNOCC(N)=O. The zero-order valence-electron chi connectivity index (χ0n) is 9.13. The number of rotatable bonds is 6. The van der Waals surface area contributed by atoms with Crippen LogP contribution in [0.2, 0.25) is 0 Å². The summed E-state index contributed by atoms with van der Waals surface area (Å²) in [6.45, 7) is 0.228. The lowest BCUT2D eigenvalue weighted by Crippen LogP contribution is -2.24. The average molecular weight is 368 g/mol. The molecule has 1 rings (SSSR count). The van der Waals surface area contributed by atoms with E-state index in [0.717, 1.165) is 14.5 Å². The number of primary amides is 1. The second-order valence-corrected chi connectivity index (χ2v) is 4.93. The van der Waals surface area contributed by atoms with Gasteiger partial charge in [-0.25, -0.2) is 0 Å². The summed E-state index contributed by atoms with van der Waals surface area (Å²) < 4.78 is 7.00. The van der Waals surface area contributed by atoms with Crippen LogP contribution in [0.5, 0.6) is 5.75 Å². The summed E-state index contributed by atoms with van der Waals surface area (Å²) in [6, 6.07) is 3.77. The maximum Gasteiger partial charge on any atom is 0.245 e. The molecule has 0 bridgehead atoms. The molecule has 3 N–H and O–H groups in total. The topological polar surface area (TPSA) is 73.6 Å². The maximum atomic E-state index is 10.5. The highest BCUT2D eigenvalue weighted by Crippen LogP contribution is 2.32. The number of hydrogen-bond donors (Lipinski definition) is 2. The van der Waals surface area contributed by atoms with Crippen LogP contribution in [0.25, 0.3) is 0 Å². The van der Waals surface area contributed by atoms with Crippen molar-refractivity contribution in [2.45, 2.75) is 6.54 Å². The van der Waals surface area contributed by atoms with E-state index in [1.807, 2.05) is 12.1 Å². The number of hydroxylamine groups is 1. The Morgan fingerprint density at radius 2 is 2.18 bits per heavy atom. The normalized spacial score (nSPS) is 10.3. The Balaban J connectivity index is 2.66. The van der Waals surface area contributed by atoms with Gasteiger partial charge >= 0.3 is 0 Å². The monoisotopic (exact) mass is 366 g/mol. The number of nitrogens with two attached hydrogens (primary N) is 1. The third kappa shape index (κ3) is 4.63. The Hall–Kier alpha value is -0.630. The van der Waals surface area contributed by atoms with Crippen LogP contribution in [0, 0.1) is 0 Å². The van der Waals surface area contributed by atoms with Gasteiger partial charge in [0.1, 0.15) is 12.4 Å². The highest BCUT2D eigenvalue weighted by molar-refractivity contribution is 9.11. The predicted molar refractivity (Wildman–Crippen MR) is 70.4 cm³/mol. The van der Waals surface area contributed by atoms with Gasteiger partial charge in [0.15, 0.2) is 0 Å². The molecule has 0 aliphatic carbocycles. The van der Waals surface area contributed by atoms with Crippen LogP contribution in [0.4, 0.5) is 0 Å². The molecule has 94 valence electrons. The van der Waals surface area contributed by atoms with E-state index >= 15 is 0 Å². The number of ether oxygens (including phenoxy) is 1. The lowest BCUT2D eigenvalue weighted by molar-refractivity contribution is -0.125. The summed E-state index contributed by atoms with van der Waals surface area (Å²) >= 11 is 6.77. The van der Waals surface area contributed by atoms with Gasteiger partial charge in [0.25, 0.3) is 0 Å². The maximum absolute atomic E-state index is 10.5. The van der Waals surface area contributed by atoms with E-state index in [-0.39, 0.29) is 6.61 Å². The van der Waals surface area contributed by atoms with Crippen LogP contribution in [-0.2, 0) is 16.2 Å². The Morgan fingerprint density at radius 1 is 1.47 bits per heavy atom. The molecule has 0 aliphatic rings. The van der Waals surface area contributed by atoms with Gasteiger partial charge in [-0.05, 0) is 28.1 Å². The molecule has 1 aromatic rings. The quantitative estimate of drug-likeness (QED) is 0.593. The Kier molecular flexibility index (Phi) is 5.90. The molecule has 0 aliphatic heterocycles. The number of amides is 1. The van der Waals surface area contributed by atoms with E-state index in [0.29, 0.717) is 12.3 Å². The number of carbonyl (C=O) groups is 1. The minimum atomic E-state index is -0.528. The number of nitrogens with one attached hydrogen (secondary N) is 1. The van der Waals surface area contributed by atoms with Gasteiger partial charge in [-0.15, -0.1) is 0 Å². The second-order valence-electron chi connectivity index (χ2n) is 3.16. The smallest absolute Gasteiger partial charge is 0.245 e. The van der Waals surface area contributed by atoms with E-state index in [4.69, 9.17) is 15.3 Å². The molecule has 0 heterocycles. The van der Waals surface area contributed by atoms with Crippen LogP contribution in [0.3, 0.4) is 0 Å². The van der Waals surface area contributed by atoms with Crippen LogP contribution in [-0.4, -0.2) is 19.6 Å². The van der Waals surface area contributed by atoms with Crippen molar-refractivity contribution in [3.63, 3.8) is 0 Å². The van der Waals surface area contributed by atoms with E-state index in [2.05, 4.69) is 37.3 Å². The molecule has 0 fully saturated rings. The first-order valence-electron chi connectivity index (χ1n) is 4.69. The van der Waals surface area contributed by atoms with Gasteiger partial charge in [0.2, 0.25) is 5.91 Å². The molecular formula is C10H12Br2N2O3. The third-order valence-corrected chi connectivity index (χ3v) is 2.92. The molecule has 1 amide bonds. The van der Waals surface area contributed by atoms with Gasteiger partial charge in [-0.3, -0.25) is 9.63 Å². The molecule has 0 aromatic heterocycles. The molecule has 17 heavy (non-hydrogen) atoms. The molecule has 7 heteroatoms. The Bertz CT molecular complexity index is 413. The zero-order chi connectivity index (χ0) is 12.8. The van der Waals surface area contributed by atoms with Crippen molar-refractivity contribution in [1.29, 1.82) is 0 Å². The minimum Gasteiger partial charge on any atom is -0.495 e. The highest BCUT2D eigenvalue weighted by atomic mass is 79.9. The fraction of sp³-hybridized carbons (Fsp3) is 0.300. The van der Waals surface area contributed by atoms with E-state index in [1.165, 1.54) is 0 Å². The largest absolute Gasteiger partial charge is 0.495 e. The van der Waals surface area contributed by atoms with E-state index < -0.39 is 5.91 Å². The molecule has 0 radical (unpaired) electrons. The molecule has 0 atom stereocenters. The average Bonchev–Trinajstić information content (AvgIpc) is 2.23. The van der Waals surface area contributed by atoms with Crippen molar-refractivity contribution in [3.8, 4) is 5.75 Å². The lowest BCUT2D eigenvalue weighted by Gasteiger charge is -2.11. The first-order chi connectivity index (χ1) is 8.04. The Morgan fingerprint density at radius 3 is 2.76 bits per heavy atom. The standard InChI is InChI=1S/C10H12Br2N2O3/c1-16-10-6(2-7(11)3-8(10)12)4-14-17-5-9(13)15/h2-3,14H,4-5H2,1H3,(H2,13,15). The molecule has 5 nitrogen and oxygen atoms in total. The summed E-state index contributed by atoms with van der Waals surface area (Å²) in [5.41, 5.74) is 8.46. The Labute approximate surface area is 116 Å². The number of benzene rings is 1. The van der Waals surface area contributed by atoms with Crippen molar-refractivity contribution >= 4 is 37.8 Å². The van der Waals surface area contributed by atoms with Crippen molar-refractivity contribution in [2.75, 3.05) is 13.7 Å². The highest BCUT2D eigenvalue weighted by Gasteiger charge is 2.09. The number of halogens is 2. The summed E-state index contributed by atoms with van der Waals surface area (Å²) in [5.74, 6) is 0.184. The number of methoxy groups -OCH3 is 1. The summed E-state index contributed by atoms with van der Waals surface area (Å²) in [7, 11) is 1.59. The third-order valence-electron chi connectivity index (χ3n) is 1.87. The summed E-state index contributed by atoms with van der Waals surface area (Å²) in [5, 5.41) is 0. The summed E-state index contributed by atoms with van der Waals surface area (Å²) in [6.07, 6.45) is 0. The van der Waals surface area contributed by atoms with Crippen LogP contribution < -0.4 is 16.0 Å². The van der Waals surface area contributed by atoms with E-state index in [1.54, 1.807) is 7.11 Å². The fourth-order valence-corrected chi connectivity index (χ4v) is 2.70. The van der Waals surface area contributed by atoms with Crippen LogP contribution >= 0.6 is 31.9 Å². The van der Waals surface area contributed by atoms with Gasteiger partial charge < -0.3 is 10.5 Å². The van der Waals surface area contributed by atoms with Gasteiger partial charge in [0, 0.05) is 16.6 Å². The summed E-state index contributed by atoms with van der Waals surface area (Å²) in [4.78, 5) is 15.3. The van der Waals surface area contributed by atoms with Crippen LogP contribution in [0.15, 0.2) is 21.1 Å². The van der Waals surface area contributed by atoms with Crippen LogP contribution in [0.1, 0.15) is 5.56 Å². The van der Waals surface area contributed by atoms with Crippen molar-refractivity contribution in [2.24, 2.45) is 5.73 Å². The number of hydrogen-bond acceptors (Lipinski definition) is 4. The molecule has 0 saturated heterocycles. The molecule has 1 aromatic carbocycles. The lowest BCUT2D eigenvalue weighted by atomic mass is 10.2. The van der Waals surface area contributed by atoms with Gasteiger partial charge in [-0.2, -0.15) is 5.48 Å². The molecular weight excluding hydrogens is 356 g/mol. The number of carbonyl (C=O) groups excluding carboxylic acids is 1. The van der Waals surface area contributed by atoms with Crippen molar-refractivity contribution in [1.82, 2.24) is 5.48 Å².